The van der Waals surface area contributed by atoms with Gasteiger partial charge in [0.15, 0.2) is 0 Å². The molecule has 0 bridgehead atoms. The summed E-state index contributed by atoms with van der Waals surface area (Å²) in [5.41, 5.74) is 2.44. The number of hydrogen-bond acceptors (Lipinski definition) is 4. The minimum absolute atomic E-state index is 0.0114. The van der Waals surface area contributed by atoms with Gasteiger partial charge in [-0.2, -0.15) is 0 Å². The van der Waals surface area contributed by atoms with E-state index >= 15 is 0 Å². The van der Waals surface area contributed by atoms with Gasteiger partial charge < -0.3 is 15.1 Å². The van der Waals surface area contributed by atoms with Crippen LogP contribution in [0.4, 0.5) is 11.4 Å². The lowest BCUT2D eigenvalue weighted by atomic mass is 10.1. The standard InChI is InChI=1S/C21H23N3O2S/c1-23-14-15(13-20(23)25)21(26)22-11-6-12-24-16-7-2-4-9-18(16)27-19-10-5-3-8-17(19)24/h2-5,7-10,15H,6,11-14H2,1H3,(H,22,26)/t15-/m1/s1. The normalized spacial score (nSPS) is 18.3. The molecule has 2 aromatic rings. The summed E-state index contributed by atoms with van der Waals surface area (Å²) in [5.74, 6) is -0.174. The van der Waals surface area contributed by atoms with Gasteiger partial charge in [0.05, 0.1) is 17.3 Å². The molecule has 1 atom stereocenters. The van der Waals surface area contributed by atoms with Crippen LogP contribution in [0.2, 0.25) is 0 Å². The van der Waals surface area contributed by atoms with Crippen LogP contribution in [0.5, 0.6) is 0 Å². The van der Waals surface area contributed by atoms with E-state index in [-0.39, 0.29) is 17.7 Å². The summed E-state index contributed by atoms with van der Waals surface area (Å²) in [6.07, 6.45) is 1.17. The average Bonchev–Trinajstić information content (AvgIpc) is 3.03. The highest BCUT2D eigenvalue weighted by molar-refractivity contribution is 7.99. The molecular weight excluding hydrogens is 358 g/mol. The van der Waals surface area contributed by atoms with Crippen LogP contribution in [0.15, 0.2) is 58.3 Å². The topological polar surface area (TPSA) is 52.7 Å². The molecular formula is C21H23N3O2S. The van der Waals surface area contributed by atoms with Crippen molar-refractivity contribution in [2.24, 2.45) is 5.92 Å². The molecule has 0 unspecified atom stereocenters. The van der Waals surface area contributed by atoms with Gasteiger partial charge in [-0.1, -0.05) is 36.0 Å². The number of para-hydroxylation sites is 2. The molecule has 2 amide bonds. The minimum Gasteiger partial charge on any atom is -0.356 e. The molecule has 2 aromatic carbocycles. The fourth-order valence-electron chi connectivity index (χ4n) is 3.65. The van der Waals surface area contributed by atoms with Gasteiger partial charge in [0.25, 0.3) is 0 Å². The Kier molecular flexibility index (Phi) is 5.07. The fourth-order valence-corrected chi connectivity index (χ4v) is 4.75. The number of fused-ring (bicyclic) bond motifs is 2. The Morgan fingerprint density at radius 3 is 2.33 bits per heavy atom. The minimum atomic E-state index is -0.213. The van der Waals surface area contributed by atoms with E-state index in [0.29, 0.717) is 19.5 Å². The van der Waals surface area contributed by atoms with Crippen molar-refractivity contribution >= 4 is 35.0 Å². The van der Waals surface area contributed by atoms with E-state index in [9.17, 15) is 9.59 Å². The average molecular weight is 382 g/mol. The molecule has 4 rings (SSSR count). The van der Waals surface area contributed by atoms with Crippen molar-refractivity contribution in [3.8, 4) is 0 Å². The molecule has 2 heterocycles. The van der Waals surface area contributed by atoms with E-state index in [1.54, 1.807) is 23.7 Å². The molecule has 0 aromatic heterocycles. The van der Waals surface area contributed by atoms with Crippen LogP contribution in [0, 0.1) is 5.92 Å². The quantitative estimate of drug-likeness (QED) is 0.808. The van der Waals surface area contributed by atoms with Crippen molar-refractivity contribution in [2.75, 3.05) is 31.6 Å². The summed E-state index contributed by atoms with van der Waals surface area (Å²) in [7, 11) is 1.75. The lowest BCUT2D eigenvalue weighted by Gasteiger charge is -2.32. The summed E-state index contributed by atoms with van der Waals surface area (Å²) < 4.78 is 0. The summed E-state index contributed by atoms with van der Waals surface area (Å²) in [6.45, 7) is 1.97. The fraction of sp³-hybridized carbons (Fsp3) is 0.333. The second kappa shape index (κ2) is 7.64. The third-order valence-electron chi connectivity index (χ3n) is 5.10. The molecule has 2 aliphatic rings. The van der Waals surface area contributed by atoms with Gasteiger partial charge >= 0.3 is 0 Å². The van der Waals surface area contributed by atoms with E-state index in [1.807, 2.05) is 0 Å². The summed E-state index contributed by atoms with van der Waals surface area (Å²) in [6, 6.07) is 16.9. The molecule has 5 nitrogen and oxygen atoms in total. The molecule has 0 radical (unpaired) electrons. The number of likely N-dealkylation sites (tertiary alicyclic amines) is 1. The zero-order valence-corrected chi connectivity index (χ0v) is 16.2. The number of hydrogen-bond donors (Lipinski definition) is 1. The Bertz CT molecular complexity index is 825. The molecule has 1 saturated heterocycles. The maximum absolute atomic E-state index is 12.3. The highest BCUT2D eigenvalue weighted by Gasteiger charge is 2.31. The lowest BCUT2D eigenvalue weighted by Crippen LogP contribution is -2.34. The van der Waals surface area contributed by atoms with Crippen molar-refractivity contribution in [3.05, 3.63) is 48.5 Å². The summed E-state index contributed by atoms with van der Waals surface area (Å²) >= 11 is 1.80. The molecule has 27 heavy (non-hydrogen) atoms. The number of nitrogens with zero attached hydrogens (tertiary/aromatic N) is 2. The van der Waals surface area contributed by atoms with Crippen molar-refractivity contribution in [1.29, 1.82) is 0 Å². The van der Waals surface area contributed by atoms with Crippen LogP contribution in [0.1, 0.15) is 12.8 Å². The second-order valence-corrected chi connectivity index (χ2v) is 8.09. The maximum atomic E-state index is 12.3. The zero-order valence-electron chi connectivity index (χ0n) is 15.4. The summed E-state index contributed by atoms with van der Waals surface area (Å²) in [5, 5.41) is 3.00. The van der Waals surface area contributed by atoms with Gasteiger partial charge in [0, 0.05) is 42.9 Å². The van der Waals surface area contributed by atoms with Crippen LogP contribution in [0.3, 0.4) is 0 Å². The van der Waals surface area contributed by atoms with Crippen molar-refractivity contribution in [3.63, 3.8) is 0 Å². The van der Waals surface area contributed by atoms with E-state index in [1.165, 1.54) is 21.2 Å². The Morgan fingerprint density at radius 1 is 1.11 bits per heavy atom. The number of rotatable bonds is 5. The third-order valence-corrected chi connectivity index (χ3v) is 6.23. The molecule has 0 aliphatic carbocycles. The van der Waals surface area contributed by atoms with Gasteiger partial charge in [-0.3, -0.25) is 9.59 Å². The van der Waals surface area contributed by atoms with Crippen LogP contribution in [-0.4, -0.2) is 43.4 Å². The third kappa shape index (κ3) is 3.67. The predicted molar refractivity (Wildman–Crippen MR) is 107 cm³/mol. The van der Waals surface area contributed by atoms with Gasteiger partial charge in [-0.05, 0) is 30.7 Å². The SMILES string of the molecule is CN1C[C@H](C(=O)NCCCN2c3ccccc3Sc3ccccc32)CC1=O. The Hall–Kier alpha value is -2.47. The largest absolute Gasteiger partial charge is 0.356 e. The van der Waals surface area contributed by atoms with Gasteiger partial charge in [-0.15, -0.1) is 0 Å². The first-order valence-electron chi connectivity index (χ1n) is 9.28. The van der Waals surface area contributed by atoms with Crippen molar-refractivity contribution < 1.29 is 9.59 Å². The first kappa shape index (κ1) is 17.9. The number of nitrogens with one attached hydrogen (secondary N) is 1. The first-order valence-corrected chi connectivity index (χ1v) is 10.1. The van der Waals surface area contributed by atoms with E-state index in [4.69, 9.17) is 0 Å². The molecule has 1 fully saturated rings. The monoisotopic (exact) mass is 381 g/mol. The number of amides is 2. The molecule has 0 saturated carbocycles. The first-order chi connectivity index (χ1) is 13.1. The molecule has 1 N–H and O–H groups in total. The highest BCUT2D eigenvalue weighted by atomic mass is 32.2. The van der Waals surface area contributed by atoms with Crippen LogP contribution in [-0.2, 0) is 9.59 Å². The van der Waals surface area contributed by atoms with E-state index < -0.39 is 0 Å². The number of carbonyl (C=O) groups excluding carboxylic acids is 2. The Labute approximate surface area is 163 Å². The van der Waals surface area contributed by atoms with Crippen LogP contribution >= 0.6 is 11.8 Å². The highest BCUT2D eigenvalue weighted by Crippen LogP contribution is 2.47. The van der Waals surface area contributed by atoms with Gasteiger partial charge in [0.1, 0.15) is 0 Å². The number of benzene rings is 2. The lowest BCUT2D eigenvalue weighted by molar-refractivity contribution is -0.128. The van der Waals surface area contributed by atoms with Crippen molar-refractivity contribution in [2.45, 2.75) is 22.6 Å². The van der Waals surface area contributed by atoms with Crippen molar-refractivity contribution in [1.82, 2.24) is 10.2 Å². The second-order valence-electron chi connectivity index (χ2n) is 7.01. The zero-order chi connectivity index (χ0) is 18.8. The predicted octanol–water partition coefficient (Wildman–Crippen LogP) is 3.27. The smallest absolute Gasteiger partial charge is 0.225 e. The Morgan fingerprint density at radius 2 is 1.74 bits per heavy atom. The molecule has 0 spiro atoms. The number of anilines is 2. The summed E-state index contributed by atoms with van der Waals surface area (Å²) in [4.78, 5) is 30.4. The van der Waals surface area contributed by atoms with Crippen LogP contribution in [0.25, 0.3) is 0 Å². The van der Waals surface area contributed by atoms with E-state index in [0.717, 1.165) is 13.0 Å². The molecule has 2 aliphatic heterocycles. The van der Waals surface area contributed by atoms with Gasteiger partial charge in [-0.25, -0.2) is 0 Å². The van der Waals surface area contributed by atoms with E-state index in [2.05, 4.69) is 58.7 Å². The van der Waals surface area contributed by atoms with Crippen LogP contribution < -0.4 is 10.2 Å². The number of carbonyl (C=O) groups is 2. The molecule has 140 valence electrons. The van der Waals surface area contributed by atoms with Gasteiger partial charge in [0.2, 0.25) is 11.8 Å². The molecule has 6 heteroatoms. The maximum Gasteiger partial charge on any atom is 0.225 e. The Balaban J connectivity index is 1.37.